The Kier molecular flexibility index (Phi) is 5.80. The maximum atomic E-state index is 2.27. The lowest BCUT2D eigenvalue weighted by Gasteiger charge is -2.04. The molecule has 24 heavy (non-hydrogen) atoms. The van der Waals surface area contributed by atoms with Crippen molar-refractivity contribution in [3.63, 3.8) is 0 Å². The molecule has 3 rings (SSSR count). The average molecular weight is 310 g/mol. The normalized spacial score (nSPS) is 11.8. The zero-order valence-corrected chi connectivity index (χ0v) is 13.8. The predicted molar refractivity (Wildman–Crippen MR) is 104 cm³/mol. The van der Waals surface area contributed by atoms with E-state index in [1.54, 1.807) is 0 Å². The van der Waals surface area contributed by atoms with Crippen molar-refractivity contribution in [2.45, 2.75) is 12.8 Å². The first-order valence-corrected chi connectivity index (χ1v) is 8.40. The van der Waals surface area contributed by atoms with E-state index in [-0.39, 0.29) is 0 Å². The molecule has 0 aromatic heterocycles. The fourth-order valence-corrected chi connectivity index (χ4v) is 2.71. The fraction of sp³-hybridized carbons (Fsp3) is 0.0833. The van der Waals surface area contributed by atoms with Crippen LogP contribution in [0.4, 0.5) is 0 Å². The van der Waals surface area contributed by atoms with Crippen molar-refractivity contribution < 1.29 is 0 Å². The number of hydrogen-bond donors (Lipinski definition) is 0. The lowest BCUT2D eigenvalue weighted by atomic mass is 10.0. The molecule has 0 heterocycles. The van der Waals surface area contributed by atoms with Crippen molar-refractivity contribution in [3.05, 3.63) is 125 Å². The van der Waals surface area contributed by atoms with Crippen molar-refractivity contribution in [2.24, 2.45) is 0 Å². The molecule has 0 aliphatic rings. The van der Waals surface area contributed by atoms with E-state index in [4.69, 9.17) is 0 Å². The van der Waals surface area contributed by atoms with E-state index in [1.807, 2.05) is 0 Å². The summed E-state index contributed by atoms with van der Waals surface area (Å²) in [6.45, 7) is 0. The standard InChI is InChI=1S/C24H22/c1-4-11-21(12-5-1)17-10-18-24(19-22-13-6-2-7-14-22)20-23-15-8-3-9-16-23/h1-16,18-19H,17,20H2/b18-10+,24-19-. The van der Waals surface area contributed by atoms with Crippen molar-refractivity contribution in [1.29, 1.82) is 0 Å². The van der Waals surface area contributed by atoms with E-state index in [0.717, 1.165) is 12.8 Å². The largest absolute Gasteiger partial charge is 0.0798 e. The summed E-state index contributed by atoms with van der Waals surface area (Å²) in [7, 11) is 0. The number of benzene rings is 3. The topological polar surface area (TPSA) is 0 Å². The van der Waals surface area contributed by atoms with E-state index in [9.17, 15) is 0 Å². The van der Waals surface area contributed by atoms with Gasteiger partial charge in [-0.2, -0.15) is 0 Å². The Hall–Kier alpha value is -2.86. The monoisotopic (exact) mass is 310 g/mol. The molecule has 0 unspecified atom stereocenters. The van der Waals surface area contributed by atoms with Crippen LogP contribution in [0, 0.1) is 0 Å². The van der Waals surface area contributed by atoms with Gasteiger partial charge in [0.2, 0.25) is 0 Å². The van der Waals surface area contributed by atoms with Gasteiger partial charge in [0.15, 0.2) is 0 Å². The smallest absolute Gasteiger partial charge is 0.00257 e. The minimum Gasteiger partial charge on any atom is -0.0798 e. The summed E-state index contributed by atoms with van der Waals surface area (Å²) in [5.41, 5.74) is 5.24. The second kappa shape index (κ2) is 8.69. The van der Waals surface area contributed by atoms with Gasteiger partial charge in [-0.25, -0.2) is 0 Å². The second-order valence-corrected chi connectivity index (χ2v) is 5.88. The van der Waals surface area contributed by atoms with Gasteiger partial charge in [0.25, 0.3) is 0 Å². The van der Waals surface area contributed by atoms with Crippen LogP contribution in [-0.4, -0.2) is 0 Å². The maximum absolute atomic E-state index is 2.27. The third kappa shape index (κ3) is 5.10. The van der Waals surface area contributed by atoms with E-state index in [1.165, 1.54) is 22.3 Å². The Balaban J connectivity index is 1.78. The van der Waals surface area contributed by atoms with Crippen LogP contribution in [-0.2, 0) is 12.8 Å². The van der Waals surface area contributed by atoms with Gasteiger partial charge in [0.05, 0.1) is 0 Å². The summed E-state index contributed by atoms with van der Waals surface area (Å²) in [4.78, 5) is 0. The predicted octanol–water partition coefficient (Wildman–Crippen LogP) is 6.11. The molecule has 0 saturated heterocycles. The number of rotatable bonds is 6. The Labute approximate surface area is 144 Å². The first kappa shape index (κ1) is 16.0. The molecule has 0 N–H and O–H groups in total. The van der Waals surface area contributed by atoms with Gasteiger partial charge in [0.1, 0.15) is 0 Å². The lowest BCUT2D eigenvalue weighted by molar-refractivity contribution is 1.19. The van der Waals surface area contributed by atoms with Crippen LogP contribution in [0.3, 0.4) is 0 Å². The first-order valence-electron chi connectivity index (χ1n) is 8.40. The van der Waals surface area contributed by atoms with Crippen LogP contribution < -0.4 is 0 Å². The van der Waals surface area contributed by atoms with Crippen LogP contribution >= 0.6 is 0 Å². The molecule has 0 spiro atoms. The van der Waals surface area contributed by atoms with Crippen LogP contribution in [0.5, 0.6) is 0 Å². The van der Waals surface area contributed by atoms with Gasteiger partial charge in [-0.15, -0.1) is 0 Å². The van der Waals surface area contributed by atoms with Crippen molar-refractivity contribution >= 4 is 6.08 Å². The molecule has 0 amide bonds. The molecular formula is C24H22. The van der Waals surface area contributed by atoms with Crippen molar-refractivity contribution in [3.8, 4) is 0 Å². The Morgan fingerprint density at radius 2 is 1.17 bits per heavy atom. The molecule has 0 nitrogen and oxygen atoms in total. The van der Waals surface area contributed by atoms with E-state index < -0.39 is 0 Å². The zero-order valence-electron chi connectivity index (χ0n) is 13.8. The number of hydrogen-bond acceptors (Lipinski definition) is 0. The lowest BCUT2D eigenvalue weighted by Crippen LogP contribution is -1.89. The molecule has 0 heteroatoms. The first-order chi connectivity index (χ1) is 11.9. The molecule has 0 saturated carbocycles. The van der Waals surface area contributed by atoms with Gasteiger partial charge in [-0.05, 0) is 35.1 Å². The zero-order chi connectivity index (χ0) is 16.5. The molecule has 0 aliphatic heterocycles. The molecule has 0 atom stereocenters. The van der Waals surface area contributed by atoms with Crippen LogP contribution in [0.15, 0.2) is 109 Å². The van der Waals surface area contributed by atoms with E-state index in [2.05, 4.69) is 109 Å². The summed E-state index contributed by atoms with van der Waals surface area (Å²) < 4.78 is 0. The Bertz CT molecular complexity index is 781. The Morgan fingerprint density at radius 1 is 0.625 bits per heavy atom. The van der Waals surface area contributed by atoms with Crippen LogP contribution in [0.2, 0.25) is 0 Å². The second-order valence-electron chi connectivity index (χ2n) is 5.88. The maximum Gasteiger partial charge on any atom is -0.00257 e. The molecule has 0 bridgehead atoms. The highest BCUT2D eigenvalue weighted by atomic mass is 14.0. The summed E-state index contributed by atoms with van der Waals surface area (Å²) in [6, 6.07) is 31.7. The van der Waals surface area contributed by atoms with E-state index in [0.29, 0.717) is 0 Å². The summed E-state index contributed by atoms with van der Waals surface area (Å²) in [5, 5.41) is 0. The molecule has 3 aromatic carbocycles. The highest BCUT2D eigenvalue weighted by Crippen LogP contribution is 2.14. The molecule has 118 valence electrons. The van der Waals surface area contributed by atoms with Gasteiger partial charge in [0, 0.05) is 0 Å². The van der Waals surface area contributed by atoms with Gasteiger partial charge < -0.3 is 0 Å². The van der Waals surface area contributed by atoms with Crippen LogP contribution in [0.25, 0.3) is 6.08 Å². The third-order valence-electron chi connectivity index (χ3n) is 3.93. The van der Waals surface area contributed by atoms with Crippen molar-refractivity contribution in [1.82, 2.24) is 0 Å². The van der Waals surface area contributed by atoms with Gasteiger partial charge >= 0.3 is 0 Å². The number of allylic oxidation sites excluding steroid dienone is 3. The quantitative estimate of drug-likeness (QED) is 0.482. The van der Waals surface area contributed by atoms with Crippen LogP contribution in [0.1, 0.15) is 16.7 Å². The molecule has 3 aromatic rings. The highest BCUT2D eigenvalue weighted by molar-refractivity contribution is 5.56. The van der Waals surface area contributed by atoms with Crippen molar-refractivity contribution in [2.75, 3.05) is 0 Å². The minimum absolute atomic E-state index is 0.945. The molecule has 0 radical (unpaired) electrons. The third-order valence-corrected chi connectivity index (χ3v) is 3.93. The minimum atomic E-state index is 0.945. The Morgan fingerprint density at radius 3 is 1.79 bits per heavy atom. The highest BCUT2D eigenvalue weighted by Gasteiger charge is 1.98. The molecule has 0 aliphatic carbocycles. The summed E-state index contributed by atoms with van der Waals surface area (Å²) in [5.74, 6) is 0. The average Bonchev–Trinajstić information content (AvgIpc) is 2.64. The summed E-state index contributed by atoms with van der Waals surface area (Å²) >= 11 is 0. The van der Waals surface area contributed by atoms with Gasteiger partial charge in [-0.3, -0.25) is 0 Å². The van der Waals surface area contributed by atoms with E-state index >= 15 is 0 Å². The SMILES string of the molecule is C(=C\C(=C\c1ccccc1)Cc1ccccc1)/Cc1ccccc1. The fourth-order valence-electron chi connectivity index (χ4n) is 2.71. The van der Waals surface area contributed by atoms with Gasteiger partial charge in [-0.1, -0.05) is 109 Å². The molecular weight excluding hydrogens is 288 g/mol. The molecule has 0 fully saturated rings. The summed E-state index contributed by atoms with van der Waals surface area (Å²) in [6.07, 6.45) is 8.69.